The Morgan fingerprint density at radius 2 is 2.00 bits per heavy atom. The van der Waals surface area contributed by atoms with Crippen LogP contribution in [0.4, 0.5) is 5.95 Å². The molecule has 2 aromatic heterocycles. The third-order valence-corrected chi connectivity index (χ3v) is 9.11. The number of nitrogens with zero attached hydrogens (tertiary/aromatic N) is 4. The highest BCUT2D eigenvalue weighted by Crippen LogP contribution is 2.52. The van der Waals surface area contributed by atoms with E-state index in [4.69, 9.17) is 4.98 Å². The van der Waals surface area contributed by atoms with Crippen molar-refractivity contribution >= 4 is 44.3 Å². The SMILES string of the molecule is CC(C)(C)[S+]([O-])N[C@@H]1c2ccccc2CC12CCN(c1nc(C#N)c3c(Br)c[nH]c3n1)CC2. The van der Waals surface area contributed by atoms with E-state index in [0.717, 1.165) is 42.2 Å². The van der Waals surface area contributed by atoms with Crippen LogP contribution in [-0.4, -0.2) is 37.3 Å². The molecule has 3 aromatic rings. The van der Waals surface area contributed by atoms with E-state index in [1.165, 1.54) is 11.1 Å². The molecular formula is C24H27BrN6OS. The van der Waals surface area contributed by atoms with Crippen LogP contribution in [0.2, 0.25) is 0 Å². The van der Waals surface area contributed by atoms with E-state index in [9.17, 15) is 9.81 Å². The third kappa shape index (κ3) is 3.93. The Kier molecular flexibility index (Phi) is 5.68. The largest absolute Gasteiger partial charge is 0.598 e. The van der Waals surface area contributed by atoms with Gasteiger partial charge in [-0.2, -0.15) is 10.2 Å². The monoisotopic (exact) mass is 526 g/mol. The zero-order valence-corrected chi connectivity index (χ0v) is 21.4. The van der Waals surface area contributed by atoms with E-state index < -0.39 is 11.4 Å². The zero-order valence-electron chi connectivity index (χ0n) is 19.0. The molecule has 0 bridgehead atoms. The highest BCUT2D eigenvalue weighted by Gasteiger charge is 2.50. The fourth-order valence-corrected chi connectivity index (χ4v) is 6.52. The van der Waals surface area contributed by atoms with E-state index in [1.54, 1.807) is 6.20 Å². The van der Waals surface area contributed by atoms with Gasteiger partial charge in [-0.25, -0.2) is 4.98 Å². The molecule has 0 saturated carbocycles. The van der Waals surface area contributed by atoms with Crippen molar-refractivity contribution in [1.82, 2.24) is 19.7 Å². The topological polar surface area (TPSA) is 104 Å². The fraction of sp³-hybridized carbons (Fsp3) is 0.458. The molecule has 1 spiro atoms. The number of rotatable bonds is 3. The minimum Gasteiger partial charge on any atom is -0.598 e. The van der Waals surface area contributed by atoms with Gasteiger partial charge < -0.3 is 14.4 Å². The molecule has 3 heterocycles. The summed E-state index contributed by atoms with van der Waals surface area (Å²) in [7, 11) is 0. The maximum atomic E-state index is 13.1. The van der Waals surface area contributed by atoms with Crippen molar-refractivity contribution in [3.05, 3.63) is 51.8 Å². The molecule has 2 atom stereocenters. The normalized spacial score (nSPS) is 20.7. The average molecular weight is 527 g/mol. The lowest BCUT2D eigenvalue weighted by Gasteiger charge is -2.43. The molecule has 1 fully saturated rings. The number of halogens is 1. The summed E-state index contributed by atoms with van der Waals surface area (Å²) < 4.78 is 17.0. The Labute approximate surface area is 205 Å². The quantitative estimate of drug-likeness (QED) is 0.486. The molecule has 1 saturated heterocycles. The van der Waals surface area contributed by atoms with Gasteiger partial charge in [-0.3, -0.25) is 0 Å². The lowest BCUT2D eigenvalue weighted by Crippen LogP contribution is -2.50. The van der Waals surface area contributed by atoms with Crippen molar-refractivity contribution in [2.45, 2.75) is 50.8 Å². The van der Waals surface area contributed by atoms with Crippen LogP contribution in [0, 0.1) is 16.7 Å². The number of fused-ring (bicyclic) bond motifs is 2. The van der Waals surface area contributed by atoms with Gasteiger partial charge in [-0.05, 0) is 67.1 Å². The summed E-state index contributed by atoms with van der Waals surface area (Å²) in [6.07, 6.45) is 4.62. The van der Waals surface area contributed by atoms with Gasteiger partial charge in [0.15, 0.2) is 5.69 Å². The van der Waals surface area contributed by atoms with Crippen LogP contribution in [0.3, 0.4) is 0 Å². The summed E-state index contributed by atoms with van der Waals surface area (Å²) in [4.78, 5) is 14.6. The number of benzene rings is 1. The summed E-state index contributed by atoms with van der Waals surface area (Å²) in [6, 6.07) is 10.8. The van der Waals surface area contributed by atoms with Gasteiger partial charge in [0, 0.05) is 40.5 Å². The van der Waals surface area contributed by atoms with E-state index in [-0.39, 0.29) is 16.2 Å². The van der Waals surface area contributed by atoms with Crippen LogP contribution < -0.4 is 9.62 Å². The Balaban J connectivity index is 1.42. The minimum absolute atomic E-state index is 0.00127. The molecule has 1 aliphatic heterocycles. The summed E-state index contributed by atoms with van der Waals surface area (Å²) in [5.41, 5.74) is 3.65. The van der Waals surface area contributed by atoms with Gasteiger partial charge in [-0.1, -0.05) is 24.3 Å². The van der Waals surface area contributed by atoms with Crippen LogP contribution in [0.15, 0.2) is 34.9 Å². The van der Waals surface area contributed by atoms with Crippen molar-refractivity contribution in [3.8, 4) is 6.07 Å². The van der Waals surface area contributed by atoms with Gasteiger partial charge >= 0.3 is 0 Å². The first kappa shape index (κ1) is 22.7. The predicted octanol–water partition coefficient (Wildman–Crippen LogP) is 4.53. The first-order valence-corrected chi connectivity index (χ1v) is 13.1. The Hall–Kier alpha value is -2.12. The van der Waals surface area contributed by atoms with E-state index >= 15 is 0 Å². The van der Waals surface area contributed by atoms with Crippen LogP contribution in [-0.2, 0) is 17.8 Å². The molecule has 2 aliphatic rings. The molecule has 9 heteroatoms. The molecular weight excluding hydrogens is 500 g/mol. The second kappa shape index (κ2) is 8.27. The zero-order chi connectivity index (χ0) is 23.4. The van der Waals surface area contributed by atoms with Gasteiger partial charge in [0.2, 0.25) is 5.95 Å². The number of anilines is 1. The van der Waals surface area contributed by atoms with E-state index in [2.05, 4.69) is 65.9 Å². The number of aromatic nitrogens is 3. The minimum atomic E-state index is -1.16. The number of nitrogens with one attached hydrogen (secondary N) is 2. The van der Waals surface area contributed by atoms with Crippen molar-refractivity contribution in [2.24, 2.45) is 5.41 Å². The average Bonchev–Trinajstić information content (AvgIpc) is 3.31. The lowest BCUT2D eigenvalue weighted by molar-refractivity contribution is 0.175. The molecule has 1 aliphatic carbocycles. The molecule has 1 unspecified atom stereocenters. The second-order valence-corrected chi connectivity index (χ2v) is 12.9. The number of piperidine rings is 1. The highest BCUT2D eigenvalue weighted by molar-refractivity contribution is 9.10. The van der Waals surface area contributed by atoms with Crippen molar-refractivity contribution in [1.29, 1.82) is 5.26 Å². The predicted molar refractivity (Wildman–Crippen MR) is 134 cm³/mol. The number of aromatic amines is 1. The lowest BCUT2D eigenvalue weighted by atomic mass is 9.73. The smallest absolute Gasteiger partial charge is 0.228 e. The number of nitriles is 1. The number of H-pyrrole nitrogens is 1. The molecule has 2 N–H and O–H groups in total. The summed E-state index contributed by atoms with van der Waals surface area (Å²) in [6.45, 7) is 7.58. The van der Waals surface area contributed by atoms with Crippen LogP contribution in [0.1, 0.15) is 56.5 Å². The summed E-state index contributed by atoms with van der Waals surface area (Å²) in [5.74, 6) is 0.585. The standard InChI is InChI=1S/C24H27BrN6OS/c1-23(2,3)33(32)30-20-16-7-5-4-6-15(16)12-24(20)8-10-31(11-9-24)22-28-18(13-26)19-17(25)14-27-21(19)29-22/h4-7,14,20,30H,8-12H2,1-3H3,(H,27,28,29)/t20-,33?/m1/s1. The number of hydrogen-bond acceptors (Lipinski definition) is 6. The molecule has 0 amide bonds. The first-order chi connectivity index (χ1) is 15.7. The molecule has 5 rings (SSSR count). The van der Waals surface area contributed by atoms with Gasteiger partial charge in [-0.15, -0.1) is 4.72 Å². The summed E-state index contributed by atoms with van der Waals surface area (Å²) >= 11 is 2.31. The van der Waals surface area contributed by atoms with Crippen LogP contribution >= 0.6 is 15.9 Å². The third-order valence-electron chi connectivity index (χ3n) is 6.92. The maximum absolute atomic E-state index is 13.1. The van der Waals surface area contributed by atoms with Crippen molar-refractivity contribution in [3.63, 3.8) is 0 Å². The van der Waals surface area contributed by atoms with E-state index in [1.807, 2.05) is 20.8 Å². The second-order valence-electron chi connectivity index (χ2n) is 10.0. The molecule has 1 aromatic carbocycles. The highest BCUT2D eigenvalue weighted by atomic mass is 79.9. The Morgan fingerprint density at radius 3 is 2.70 bits per heavy atom. The van der Waals surface area contributed by atoms with Crippen molar-refractivity contribution in [2.75, 3.05) is 18.0 Å². The van der Waals surface area contributed by atoms with E-state index in [0.29, 0.717) is 17.3 Å². The molecule has 33 heavy (non-hydrogen) atoms. The molecule has 7 nitrogen and oxygen atoms in total. The first-order valence-electron chi connectivity index (χ1n) is 11.2. The summed E-state index contributed by atoms with van der Waals surface area (Å²) in [5, 5.41) is 10.3. The molecule has 172 valence electrons. The Bertz CT molecular complexity index is 1240. The van der Waals surface area contributed by atoms with Gasteiger partial charge in [0.25, 0.3) is 0 Å². The van der Waals surface area contributed by atoms with Gasteiger partial charge in [0.05, 0.1) is 11.4 Å². The van der Waals surface area contributed by atoms with Crippen LogP contribution in [0.5, 0.6) is 0 Å². The van der Waals surface area contributed by atoms with Crippen molar-refractivity contribution < 1.29 is 4.55 Å². The maximum Gasteiger partial charge on any atom is 0.228 e. The van der Waals surface area contributed by atoms with Crippen LogP contribution in [0.25, 0.3) is 11.0 Å². The molecule has 0 radical (unpaired) electrons. The Morgan fingerprint density at radius 1 is 1.27 bits per heavy atom. The van der Waals surface area contributed by atoms with Gasteiger partial charge in [0.1, 0.15) is 16.5 Å². The fourth-order valence-electron chi connectivity index (χ4n) is 5.08. The number of hydrogen-bond donors (Lipinski definition) is 2.